The Labute approximate surface area is 225 Å². The van der Waals surface area contributed by atoms with Crippen LogP contribution < -0.4 is 10.9 Å². The van der Waals surface area contributed by atoms with Crippen molar-refractivity contribution < 1.29 is 44.7 Å². The fraction of sp³-hybridized carbons (Fsp3) is 0.320. The van der Waals surface area contributed by atoms with Crippen LogP contribution in [0.4, 0.5) is 35.1 Å². The van der Waals surface area contributed by atoms with Crippen molar-refractivity contribution in [1.82, 2.24) is 15.3 Å². The van der Waals surface area contributed by atoms with Gasteiger partial charge in [-0.2, -0.15) is 26.3 Å². The van der Waals surface area contributed by atoms with Crippen molar-refractivity contribution in [3.63, 3.8) is 0 Å². The largest absolute Gasteiger partial charge is 0.433 e. The number of nitrogens with zero attached hydrogens (tertiary/aromatic N) is 1. The van der Waals surface area contributed by atoms with E-state index in [-0.39, 0.29) is 36.6 Å². The van der Waals surface area contributed by atoms with E-state index in [1.165, 1.54) is 12.1 Å². The Morgan fingerprint density at radius 3 is 2.38 bits per heavy atom. The Hall–Kier alpha value is -3.52. The van der Waals surface area contributed by atoms with E-state index < -0.39 is 76.1 Å². The van der Waals surface area contributed by atoms with Crippen LogP contribution in [0.5, 0.6) is 0 Å². The number of carbonyl (C=O) groups excluding carboxylic acids is 1. The summed E-state index contributed by atoms with van der Waals surface area (Å²) in [6.45, 7) is -0.551. The molecular formula is C25H18ClF8N3O3. The van der Waals surface area contributed by atoms with Gasteiger partial charge in [-0.15, -0.1) is 0 Å². The first-order chi connectivity index (χ1) is 18.6. The number of nitrogens with one attached hydrogen (secondary N) is 2. The van der Waals surface area contributed by atoms with Crippen molar-refractivity contribution in [3.05, 3.63) is 85.8 Å². The van der Waals surface area contributed by atoms with E-state index in [1.807, 2.05) is 0 Å². The van der Waals surface area contributed by atoms with Crippen molar-refractivity contribution >= 4 is 17.5 Å². The van der Waals surface area contributed by atoms with Crippen LogP contribution in [0.2, 0.25) is 5.02 Å². The quantitative estimate of drug-likeness (QED) is 0.328. The molecule has 1 heterocycles. The number of alkyl halides is 6. The molecule has 214 valence electrons. The lowest BCUT2D eigenvalue weighted by molar-refractivity contribution is -0.141. The smallest absolute Gasteiger partial charge is 0.373 e. The van der Waals surface area contributed by atoms with Gasteiger partial charge in [-0.1, -0.05) is 17.7 Å². The van der Waals surface area contributed by atoms with E-state index in [0.29, 0.717) is 11.6 Å². The minimum absolute atomic E-state index is 0.0294. The van der Waals surface area contributed by atoms with Gasteiger partial charge in [-0.25, -0.2) is 13.8 Å². The summed E-state index contributed by atoms with van der Waals surface area (Å²) in [4.78, 5) is 28.9. The minimum Gasteiger partial charge on any atom is -0.373 e. The number of amides is 1. The number of rotatable bonds is 7. The molecule has 2 aromatic carbocycles. The summed E-state index contributed by atoms with van der Waals surface area (Å²) < 4.78 is 114. The molecule has 1 aliphatic carbocycles. The molecule has 0 spiro atoms. The first kappa shape index (κ1) is 29.5. The molecule has 6 nitrogen and oxygen atoms in total. The molecule has 0 saturated heterocycles. The van der Waals surface area contributed by atoms with Gasteiger partial charge in [0.2, 0.25) is 5.91 Å². The Kier molecular flexibility index (Phi) is 8.22. The maximum atomic E-state index is 15.3. The summed E-state index contributed by atoms with van der Waals surface area (Å²) in [6.07, 6.45) is -10.2. The number of hydrogen-bond acceptors (Lipinski definition) is 4. The predicted molar refractivity (Wildman–Crippen MR) is 125 cm³/mol. The van der Waals surface area contributed by atoms with E-state index in [2.05, 4.69) is 10.3 Å². The summed E-state index contributed by atoms with van der Waals surface area (Å²) in [5.41, 5.74) is -6.29. The van der Waals surface area contributed by atoms with Crippen molar-refractivity contribution in [2.24, 2.45) is 5.92 Å². The topological polar surface area (TPSA) is 84.1 Å². The number of carbonyl (C=O) groups is 1. The zero-order valence-corrected chi connectivity index (χ0v) is 20.8. The normalized spacial score (nSPS) is 17.4. The summed E-state index contributed by atoms with van der Waals surface area (Å²) in [7, 11) is 0. The van der Waals surface area contributed by atoms with Crippen molar-refractivity contribution in [3.8, 4) is 11.4 Å². The molecule has 0 unspecified atom stereocenters. The van der Waals surface area contributed by atoms with Gasteiger partial charge in [-0.3, -0.25) is 9.59 Å². The van der Waals surface area contributed by atoms with Crippen LogP contribution in [0, 0.1) is 17.6 Å². The Morgan fingerprint density at radius 1 is 1.05 bits per heavy atom. The molecule has 2 N–H and O–H groups in total. The lowest BCUT2D eigenvalue weighted by atomic mass is 9.81. The lowest BCUT2D eigenvalue weighted by Gasteiger charge is -2.34. The number of H-pyrrole nitrogens is 1. The zero-order chi connectivity index (χ0) is 29.4. The number of benzene rings is 2. The van der Waals surface area contributed by atoms with Crippen molar-refractivity contribution in [2.75, 3.05) is 0 Å². The summed E-state index contributed by atoms with van der Waals surface area (Å²) >= 11 is 5.79. The Bertz CT molecular complexity index is 1460. The number of halogens is 9. The highest BCUT2D eigenvalue weighted by Gasteiger charge is 2.39. The molecule has 3 aromatic rings. The molecule has 1 fully saturated rings. The molecule has 1 aliphatic rings. The molecule has 0 bridgehead atoms. The maximum Gasteiger partial charge on any atom is 0.433 e. The second-order valence-electron chi connectivity index (χ2n) is 9.03. The molecule has 1 saturated carbocycles. The van der Waals surface area contributed by atoms with Gasteiger partial charge in [0.1, 0.15) is 17.5 Å². The second-order valence-corrected chi connectivity index (χ2v) is 9.47. The number of hydrogen-bond donors (Lipinski definition) is 2. The van der Waals surface area contributed by atoms with Crippen LogP contribution >= 0.6 is 11.6 Å². The van der Waals surface area contributed by atoms with Crippen LogP contribution in [-0.2, 0) is 35.0 Å². The van der Waals surface area contributed by atoms with Gasteiger partial charge in [0.15, 0.2) is 5.69 Å². The number of ether oxygens (including phenoxy) is 1. The maximum absolute atomic E-state index is 15.3. The van der Waals surface area contributed by atoms with Crippen LogP contribution in [-0.4, -0.2) is 22.0 Å². The third kappa shape index (κ3) is 6.78. The average molecular weight is 596 g/mol. The summed E-state index contributed by atoms with van der Waals surface area (Å²) in [5, 5.41) is 2.57. The van der Waals surface area contributed by atoms with Gasteiger partial charge in [0, 0.05) is 29.1 Å². The molecule has 0 atom stereocenters. The molecule has 1 aromatic heterocycles. The standard InChI is InChI=1S/C25H18ClF8N3O3/c26-14-3-11(4-15(27)7-14)10-40-16-5-13(6-16)23(39)35-9-12-1-2-17(24(29,30)31)20(21(12)28)22-36-18(25(32,33)34)8-19(38)37-22/h1-4,7-8,13,16H,5-6,9-10H2,(H,35,39)(H,36,37,38)/t13-,16-. The minimum atomic E-state index is -5.21. The van der Waals surface area contributed by atoms with E-state index >= 15 is 4.39 Å². The highest BCUT2D eigenvalue weighted by Crippen LogP contribution is 2.39. The third-order valence-electron chi connectivity index (χ3n) is 6.12. The van der Waals surface area contributed by atoms with E-state index in [0.717, 1.165) is 12.1 Å². The SMILES string of the molecule is O=c1cc(C(F)(F)F)nc(-c2c(C(F)(F)F)ccc(CNC(=O)[C@H]3C[C@H](OCc4cc(F)cc(Cl)c4)C3)c2F)[nH]1. The van der Waals surface area contributed by atoms with Crippen molar-refractivity contribution in [2.45, 2.75) is 44.4 Å². The van der Waals surface area contributed by atoms with Crippen molar-refractivity contribution in [1.29, 1.82) is 0 Å². The van der Waals surface area contributed by atoms with Gasteiger partial charge in [-0.05, 0) is 42.7 Å². The fourth-order valence-electron chi connectivity index (χ4n) is 4.10. The van der Waals surface area contributed by atoms with E-state index in [9.17, 15) is 40.3 Å². The van der Waals surface area contributed by atoms with Gasteiger partial charge < -0.3 is 15.0 Å². The molecule has 40 heavy (non-hydrogen) atoms. The van der Waals surface area contributed by atoms with Crippen LogP contribution in [0.1, 0.15) is 35.2 Å². The monoisotopic (exact) mass is 595 g/mol. The second kappa shape index (κ2) is 11.2. The Morgan fingerprint density at radius 2 is 1.75 bits per heavy atom. The molecule has 1 amide bonds. The Balaban J connectivity index is 1.45. The lowest BCUT2D eigenvalue weighted by Crippen LogP contribution is -2.42. The first-order valence-electron chi connectivity index (χ1n) is 11.5. The molecule has 15 heteroatoms. The third-order valence-corrected chi connectivity index (χ3v) is 6.34. The van der Waals surface area contributed by atoms with Crippen LogP contribution in [0.3, 0.4) is 0 Å². The molecule has 0 radical (unpaired) electrons. The number of aromatic amines is 1. The first-order valence-corrected chi connectivity index (χ1v) is 11.9. The molecular weight excluding hydrogens is 578 g/mol. The van der Waals surface area contributed by atoms with Crippen LogP contribution in [0.15, 0.2) is 41.2 Å². The van der Waals surface area contributed by atoms with E-state index in [1.54, 1.807) is 4.98 Å². The van der Waals surface area contributed by atoms with Crippen LogP contribution in [0.25, 0.3) is 11.4 Å². The zero-order valence-electron chi connectivity index (χ0n) is 20.0. The predicted octanol–water partition coefficient (Wildman–Crippen LogP) is 6.02. The fourth-order valence-corrected chi connectivity index (χ4v) is 4.34. The van der Waals surface area contributed by atoms with Gasteiger partial charge in [0.05, 0.1) is 23.8 Å². The average Bonchev–Trinajstić information content (AvgIpc) is 2.79. The summed E-state index contributed by atoms with van der Waals surface area (Å²) in [6, 6.07) is 5.07. The molecule has 4 rings (SSSR count). The molecule has 0 aliphatic heterocycles. The summed E-state index contributed by atoms with van der Waals surface area (Å²) in [5.74, 6) is -4.52. The van der Waals surface area contributed by atoms with Gasteiger partial charge >= 0.3 is 12.4 Å². The highest BCUT2D eigenvalue weighted by molar-refractivity contribution is 6.30. The van der Waals surface area contributed by atoms with Gasteiger partial charge in [0.25, 0.3) is 5.56 Å². The number of aromatic nitrogens is 2. The highest BCUT2D eigenvalue weighted by atomic mass is 35.5. The van der Waals surface area contributed by atoms with E-state index in [4.69, 9.17) is 16.3 Å².